The normalized spacial score (nSPS) is 18.1. The van der Waals surface area contributed by atoms with Gasteiger partial charge in [-0.3, -0.25) is 24.6 Å². The number of rotatable bonds is 4. The summed E-state index contributed by atoms with van der Waals surface area (Å²) in [6.45, 7) is 2.42. The molecule has 1 aromatic carbocycles. The average Bonchev–Trinajstić information content (AvgIpc) is 2.79. The van der Waals surface area contributed by atoms with Crippen LogP contribution in [0.1, 0.15) is 36.5 Å². The first kappa shape index (κ1) is 15.6. The van der Waals surface area contributed by atoms with Crippen molar-refractivity contribution in [3.05, 3.63) is 38.3 Å². The summed E-state index contributed by atoms with van der Waals surface area (Å²) < 4.78 is 0.449. The zero-order valence-electron chi connectivity index (χ0n) is 11.5. The number of imide groups is 1. The van der Waals surface area contributed by atoms with E-state index in [0.717, 1.165) is 12.8 Å². The number of carbonyl (C=O) groups excluding carboxylic acids is 2. The first-order valence-corrected chi connectivity index (χ1v) is 7.52. The van der Waals surface area contributed by atoms with Crippen LogP contribution in [0.25, 0.3) is 0 Å². The number of non-ortho nitro benzene ring substituents is 1. The van der Waals surface area contributed by atoms with Gasteiger partial charge in [0.15, 0.2) is 0 Å². The highest BCUT2D eigenvalue weighted by Crippen LogP contribution is 2.28. The Kier molecular flexibility index (Phi) is 4.72. The van der Waals surface area contributed by atoms with Gasteiger partial charge >= 0.3 is 0 Å². The van der Waals surface area contributed by atoms with Crippen LogP contribution in [0.3, 0.4) is 0 Å². The second-order valence-corrected chi connectivity index (χ2v) is 5.94. The monoisotopic (exact) mass is 354 g/mol. The van der Waals surface area contributed by atoms with Gasteiger partial charge in [0.25, 0.3) is 11.6 Å². The molecule has 1 aromatic rings. The Morgan fingerprint density at radius 1 is 1.52 bits per heavy atom. The minimum atomic E-state index is -0.561. The predicted octanol–water partition coefficient (Wildman–Crippen LogP) is 3.15. The third-order valence-electron chi connectivity index (χ3n) is 3.54. The Hall–Kier alpha value is -1.76. The third-order valence-corrected chi connectivity index (χ3v) is 4.23. The highest BCUT2D eigenvalue weighted by molar-refractivity contribution is 9.10. The molecule has 112 valence electrons. The van der Waals surface area contributed by atoms with Crippen LogP contribution >= 0.6 is 15.9 Å². The maximum absolute atomic E-state index is 12.5. The van der Waals surface area contributed by atoms with Gasteiger partial charge in [0.1, 0.15) is 0 Å². The van der Waals surface area contributed by atoms with Crippen LogP contribution in [0, 0.1) is 16.0 Å². The quantitative estimate of drug-likeness (QED) is 0.472. The molecule has 0 saturated carbocycles. The maximum Gasteiger partial charge on any atom is 0.270 e. The van der Waals surface area contributed by atoms with Crippen LogP contribution in [0.4, 0.5) is 5.69 Å². The first-order valence-electron chi connectivity index (χ1n) is 6.72. The van der Waals surface area contributed by atoms with Crippen molar-refractivity contribution in [2.24, 2.45) is 5.92 Å². The van der Waals surface area contributed by atoms with E-state index >= 15 is 0 Å². The molecule has 0 N–H and O–H groups in total. The topological polar surface area (TPSA) is 80.5 Å². The van der Waals surface area contributed by atoms with Gasteiger partial charge in [-0.05, 0) is 34.3 Å². The molecule has 0 spiro atoms. The number of hydrogen-bond acceptors (Lipinski definition) is 4. The standard InChI is InChI=1S/C14H15BrN2O4/c1-2-3-9-6-13(18)16(8-9)14(19)11-7-10(17(20)21)4-5-12(11)15/h4-5,7,9H,2-3,6,8H2,1H3. The summed E-state index contributed by atoms with van der Waals surface area (Å²) in [5.74, 6) is -0.505. The molecule has 1 unspecified atom stereocenters. The number of halogens is 1. The van der Waals surface area contributed by atoms with Crippen LogP contribution in [0.5, 0.6) is 0 Å². The molecule has 7 heteroatoms. The van der Waals surface area contributed by atoms with Crippen LogP contribution in [0.2, 0.25) is 0 Å². The minimum Gasteiger partial charge on any atom is -0.278 e. The van der Waals surface area contributed by atoms with E-state index in [0.29, 0.717) is 17.4 Å². The molecule has 1 fully saturated rings. The first-order chi connectivity index (χ1) is 9.93. The molecule has 1 saturated heterocycles. The van der Waals surface area contributed by atoms with Crippen molar-refractivity contribution in [3.63, 3.8) is 0 Å². The summed E-state index contributed by atoms with van der Waals surface area (Å²) in [5, 5.41) is 10.8. The van der Waals surface area contributed by atoms with Gasteiger partial charge in [0.2, 0.25) is 5.91 Å². The lowest BCUT2D eigenvalue weighted by Gasteiger charge is -2.15. The number of nitro groups is 1. The van der Waals surface area contributed by atoms with Gasteiger partial charge in [-0.25, -0.2) is 0 Å². The molecule has 1 heterocycles. The van der Waals surface area contributed by atoms with E-state index in [9.17, 15) is 19.7 Å². The van der Waals surface area contributed by atoms with E-state index < -0.39 is 10.8 Å². The van der Waals surface area contributed by atoms with Crippen LogP contribution in [0.15, 0.2) is 22.7 Å². The molecule has 0 bridgehead atoms. The molecule has 6 nitrogen and oxygen atoms in total. The molecule has 2 amide bonds. The maximum atomic E-state index is 12.5. The van der Waals surface area contributed by atoms with Gasteiger partial charge in [0, 0.05) is 29.6 Å². The summed E-state index contributed by atoms with van der Waals surface area (Å²) in [7, 11) is 0. The minimum absolute atomic E-state index is 0.148. The molecule has 1 aliphatic rings. The van der Waals surface area contributed by atoms with Gasteiger partial charge in [-0.15, -0.1) is 0 Å². The largest absolute Gasteiger partial charge is 0.278 e. The number of carbonyl (C=O) groups is 2. The van der Waals surface area contributed by atoms with Gasteiger partial charge < -0.3 is 0 Å². The van der Waals surface area contributed by atoms with E-state index in [4.69, 9.17) is 0 Å². The SMILES string of the molecule is CCCC1CC(=O)N(C(=O)c2cc([N+](=O)[O-])ccc2Br)C1. The van der Waals surface area contributed by atoms with Crippen molar-refractivity contribution in [3.8, 4) is 0 Å². The molecule has 21 heavy (non-hydrogen) atoms. The Balaban J connectivity index is 2.26. The zero-order chi connectivity index (χ0) is 15.6. The van der Waals surface area contributed by atoms with Gasteiger partial charge in [-0.2, -0.15) is 0 Å². The summed E-state index contributed by atoms with van der Waals surface area (Å²) >= 11 is 3.21. The predicted molar refractivity (Wildman–Crippen MR) is 79.9 cm³/mol. The molecule has 0 radical (unpaired) electrons. The summed E-state index contributed by atoms with van der Waals surface area (Å²) in [6.07, 6.45) is 2.22. The number of nitrogens with zero attached hydrogens (tertiary/aromatic N) is 2. The van der Waals surface area contributed by atoms with E-state index in [2.05, 4.69) is 15.9 Å². The van der Waals surface area contributed by atoms with E-state index in [-0.39, 0.29) is 23.1 Å². The van der Waals surface area contributed by atoms with E-state index in [1.807, 2.05) is 6.92 Å². The van der Waals surface area contributed by atoms with Crippen molar-refractivity contribution in [1.82, 2.24) is 4.90 Å². The van der Waals surface area contributed by atoms with E-state index in [1.54, 1.807) is 0 Å². The summed E-state index contributed by atoms with van der Waals surface area (Å²) in [4.78, 5) is 35.9. The van der Waals surface area contributed by atoms with Crippen molar-refractivity contribution in [2.45, 2.75) is 26.2 Å². The number of benzene rings is 1. The second kappa shape index (κ2) is 6.34. The van der Waals surface area contributed by atoms with Gasteiger partial charge in [0.05, 0.1) is 10.5 Å². The number of amides is 2. The van der Waals surface area contributed by atoms with Crippen LogP contribution in [-0.2, 0) is 4.79 Å². The van der Waals surface area contributed by atoms with Crippen molar-refractivity contribution < 1.29 is 14.5 Å². The fourth-order valence-corrected chi connectivity index (χ4v) is 2.93. The number of likely N-dealkylation sites (tertiary alicyclic amines) is 1. The lowest BCUT2D eigenvalue weighted by atomic mass is 10.0. The zero-order valence-corrected chi connectivity index (χ0v) is 13.1. The molecule has 0 aromatic heterocycles. The highest BCUT2D eigenvalue weighted by atomic mass is 79.9. The Morgan fingerprint density at radius 3 is 2.86 bits per heavy atom. The molecule has 1 atom stereocenters. The third kappa shape index (κ3) is 3.29. The Labute approximate surface area is 130 Å². The summed E-state index contributed by atoms with van der Waals surface area (Å²) in [6, 6.07) is 3.97. The molecule has 0 aliphatic carbocycles. The highest BCUT2D eigenvalue weighted by Gasteiger charge is 2.34. The summed E-state index contributed by atoms with van der Waals surface area (Å²) in [5.41, 5.74) is -0.0204. The Morgan fingerprint density at radius 2 is 2.24 bits per heavy atom. The molecular weight excluding hydrogens is 340 g/mol. The molecule has 1 aliphatic heterocycles. The lowest BCUT2D eigenvalue weighted by molar-refractivity contribution is -0.384. The fraction of sp³-hybridized carbons (Fsp3) is 0.429. The van der Waals surface area contributed by atoms with Crippen molar-refractivity contribution in [2.75, 3.05) is 6.54 Å². The number of nitro benzene ring substituents is 1. The number of hydrogen-bond donors (Lipinski definition) is 0. The lowest BCUT2D eigenvalue weighted by Crippen LogP contribution is -2.32. The average molecular weight is 355 g/mol. The second-order valence-electron chi connectivity index (χ2n) is 5.09. The molecular formula is C14H15BrN2O4. The Bertz CT molecular complexity index is 603. The van der Waals surface area contributed by atoms with Crippen LogP contribution in [-0.4, -0.2) is 28.2 Å². The van der Waals surface area contributed by atoms with Crippen LogP contribution < -0.4 is 0 Å². The van der Waals surface area contributed by atoms with Gasteiger partial charge in [-0.1, -0.05) is 13.3 Å². The fourth-order valence-electron chi connectivity index (χ4n) is 2.52. The van der Waals surface area contributed by atoms with Crippen molar-refractivity contribution >= 4 is 33.4 Å². The molecule has 2 rings (SSSR count). The smallest absolute Gasteiger partial charge is 0.270 e. The van der Waals surface area contributed by atoms with Crippen molar-refractivity contribution in [1.29, 1.82) is 0 Å². The van der Waals surface area contributed by atoms with E-state index in [1.165, 1.54) is 23.1 Å².